The molecule has 0 saturated carbocycles. The van der Waals surface area contributed by atoms with E-state index in [0.29, 0.717) is 16.1 Å². The predicted molar refractivity (Wildman–Crippen MR) is 110 cm³/mol. The third-order valence-corrected chi connectivity index (χ3v) is 5.35. The molecule has 0 atom stereocenters. The molecule has 0 unspecified atom stereocenters. The second-order valence-corrected chi connectivity index (χ2v) is 8.19. The molecule has 0 amide bonds. The van der Waals surface area contributed by atoms with Crippen LogP contribution >= 0.6 is 11.6 Å². The van der Waals surface area contributed by atoms with Crippen LogP contribution in [0.25, 0.3) is 0 Å². The molecule has 0 spiro atoms. The Hall–Kier alpha value is -2.96. The largest absolute Gasteiger partial charge is 0.293 e. The molecule has 0 aliphatic heterocycles. The van der Waals surface area contributed by atoms with E-state index >= 15 is 0 Å². The standard InChI is InChI=1S/C21H16ClNO4S/c22-17-11-12-19(18(13-17)21(25)16-9-5-2-6-10-16)23-28(26,27)14-20(24)15-7-3-1-4-8-15/h1-13,23H,14H2. The van der Waals surface area contributed by atoms with Gasteiger partial charge in [0.25, 0.3) is 0 Å². The molecule has 1 N–H and O–H groups in total. The average molecular weight is 414 g/mol. The van der Waals surface area contributed by atoms with Gasteiger partial charge in [0, 0.05) is 21.7 Å². The molecule has 0 aliphatic carbocycles. The monoisotopic (exact) mass is 413 g/mol. The minimum absolute atomic E-state index is 0.0686. The number of hydrogen-bond acceptors (Lipinski definition) is 4. The van der Waals surface area contributed by atoms with Crippen LogP contribution in [0.1, 0.15) is 26.3 Å². The Morgan fingerprint density at radius 1 is 0.821 bits per heavy atom. The second-order valence-electron chi connectivity index (χ2n) is 6.04. The van der Waals surface area contributed by atoms with Crippen LogP contribution in [0.15, 0.2) is 78.9 Å². The van der Waals surface area contributed by atoms with Crippen molar-refractivity contribution in [3.63, 3.8) is 0 Å². The number of ketones is 2. The first kappa shape index (κ1) is 19.8. The highest BCUT2D eigenvalue weighted by molar-refractivity contribution is 7.93. The lowest BCUT2D eigenvalue weighted by Crippen LogP contribution is -2.24. The lowest BCUT2D eigenvalue weighted by Gasteiger charge is -2.12. The van der Waals surface area contributed by atoms with Gasteiger partial charge in [-0.25, -0.2) is 8.42 Å². The van der Waals surface area contributed by atoms with Crippen LogP contribution < -0.4 is 4.72 Å². The quantitative estimate of drug-likeness (QED) is 0.589. The summed E-state index contributed by atoms with van der Waals surface area (Å²) < 4.78 is 27.3. The van der Waals surface area contributed by atoms with Gasteiger partial charge in [0.15, 0.2) is 11.6 Å². The maximum Gasteiger partial charge on any atom is 0.240 e. The summed E-state index contributed by atoms with van der Waals surface area (Å²) in [5.41, 5.74) is 0.865. The van der Waals surface area contributed by atoms with Gasteiger partial charge in [-0.1, -0.05) is 72.3 Å². The molecule has 0 aliphatic rings. The van der Waals surface area contributed by atoms with Gasteiger partial charge in [-0.15, -0.1) is 0 Å². The molecule has 0 fully saturated rings. The first-order valence-electron chi connectivity index (χ1n) is 8.34. The number of hydrogen-bond donors (Lipinski definition) is 1. The molecule has 0 heterocycles. The number of benzene rings is 3. The van der Waals surface area contributed by atoms with Crippen molar-refractivity contribution >= 4 is 38.9 Å². The Kier molecular flexibility index (Phi) is 5.92. The van der Waals surface area contributed by atoms with E-state index in [-0.39, 0.29) is 17.0 Å². The first-order chi connectivity index (χ1) is 13.4. The number of rotatable bonds is 7. The summed E-state index contributed by atoms with van der Waals surface area (Å²) in [5, 5.41) is 0.294. The predicted octanol–water partition coefficient (Wildman–Crippen LogP) is 4.20. The van der Waals surface area contributed by atoms with Gasteiger partial charge in [0.2, 0.25) is 10.0 Å². The van der Waals surface area contributed by atoms with Crippen molar-refractivity contribution in [2.45, 2.75) is 0 Å². The number of anilines is 1. The molecule has 5 nitrogen and oxygen atoms in total. The number of nitrogens with one attached hydrogen (secondary N) is 1. The highest BCUT2D eigenvalue weighted by atomic mass is 35.5. The fourth-order valence-corrected chi connectivity index (χ4v) is 3.89. The number of carbonyl (C=O) groups excluding carboxylic acids is 2. The second kappa shape index (κ2) is 8.37. The van der Waals surface area contributed by atoms with Crippen molar-refractivity contribution in [2.24, 2.45) is 0 Å². The zero-order valence-corrected chi connectivity index (χ0v) is 16.2. The number of halogens is 1. The fourth-order valence-electron chi connectivity index (χ4n) is 2.62. The van der Waals surface area contributed by atoms with Crippen LogP contribution in [0, 0.1) is 0 Å². The van der Waals surface area contributed by atoms with Crippen LogP contribution in [-0.4, -0.2) is 25.7 Å². The minimum atomic E-state index is -4.03. The molecule has 0 saturated heterocycles. The summed E-state index contributed by atoms with van der Waals surface area (Å²) in [5.74, 6) is -1.66. The van der Waals surface area contributed by atoms with Gasteiger partial charge in [0.05, 0.1) is 5.69 Å². The maximum atomic E-state index is 12.8. The van der Waals surface area contributed by atoms with Gasteiger partial charge in [0.1, 0.15) is 5.75 Å². The Morgan fingerprint density at radius 3 is 2.00 bits per heavy atom. The van der Waals surface area contributed by atoms with Gasteiger partial charge < -0.3 is 0 Å². The van der Waals surface area contributed by atoms with E-state index in [9.17, 15) is 18.0 Å². The Labute approximate surface area is 168 Å². The van der Waals surface area contributed by atoms with Crippen molar-refractivity contribution in [1.29, 1.82) is 0 Å². The van der Waals surface area contributed by atoms with E-state index in [0.717, 1.165) is 0 Å². The molecule has 0 radical (unpaired) electrons. The zero-order valence-electron chi connectivity index (χ0n) is 14.6. The molecule has 142 valence electrons. The van der Waals surface area contributed by atoms with E-state index in [1.54, 1.807) is 60.7 Å². The summed E-state index contributed by atoms with van der Waals surface area (Å²) in [4.78, 5) is 25.0. The number of carbonyl (C=O) groups is 2. The Balaban J connectivity index is 1.87. The molecule has 3 aromatic rings. The molecular formula is C21H16ClNO4S. The summed E-state index contributed by atoms with van der Waals surface area (Å²) >= 11 is 6.00. The average Bonchev–Trinajstić information content (AvgIpc) is 2.69. The normalized spacial score (nSPS) is 11.0. The fraction of sp³-hybridized carbons (Fsp3) is 0.0476. The smallest absolute Gasteiger partial charge is 0.240 e. The van der Waals surface area contributed by atoms with Crippen LogP contribution in [0.4, 0.5) is 5.69 Å². The van der Waals surface area contributed by atoms with E-state index in [2.05, 4.69) is 4.72 Å². The van der Waals surface area contributed by atoms with Crippen molar-refractivity contribution < 1.29 is 18.0 Å². The number of sulfonamides is 1. The molecule has 7 heteroatoms. The van der Waals surface area contributed by atoms with E-state index in [4.69, 9.17) is 11.6 Å². The van der Waals surface area contributed by atoms with Gasteiger partial charge in [-0.05, 0) is 18.2 Å². The molecule has 28 heavy (non-hydrogen) atoms. The lowest BCUT2D eigenvalue weighted by molar-refractivity contribution is 0.101. The van der Waals surface area contributed by atoms with Crippen LogP contribution in [0.2, 0.25) is 5.02 Å². The molecule has 0 bridgehead atoms. The summed E-state index contributed by atoms with van der Waals surface area (Å²) in [7, 11) is -4.03. The maximum absolute atomic E-state index is 12.8. The molecule has 0 aromatic heterocycles. The van der Waals surface area contributed by atoms with Gasteiger partial charge in [-0.3, -0.25) is 14.3 Å². The molecular weight excluding hydrogens is 398 g/mol. The van der Waals surface area contributed by atoms with E-state index < -0.39 is 21.6 Å². The first-order valence-corrected chi connectivity index (χ1v) is 10.4. The van der Waals surface area contributed by atoms with Gasteiger partial charge >= 0.3 is 0 Å². The SMILES string of the molecule is O=C(CS(=O)(=O)Nc1ccc(Cl)cc1C(=O)c1ccccc1)c1ccccc1. The van der Waals surface area contributed by atoms with Crippen molar-refractivity contribution in [1.82, 2.24) is 0 Å². The summed E-state index contributed by atoms with van der Waals surface area (Å²) in [6.07, 6.45) is 0. The van der Waals surface area contributed by atoms with Crippen molar-refractivity contribution in [3.05, 3.63) is 101 Å². The van der Waals surface area contributed by atoms with Crippen molar-refractivity contribution in [3.8, 4) is 0 Å². The third kappa shape index (κ3) is 4.85. The van der Waals surface area contributed by atoms with Gasteiger partial charge in [-0.2, -0.15) is 0 Å². The zero-order chi connectivity index (χ0) is 20.1. The minimum Gasteiger partial charge on any atom is -0.293 e. The van der Waals surface area contributed by atoms with Crippen LogP contribution in [0.5, 0.6) is 0 Å². The Bertz CT molecular complexity index is 1110. The summed E-state index contributed by atoms with van der Waals surface area (Å²) in [6.45, 7) is 0. The lowest BCUT2D eigenvalue weighted by atomic mass is 10.0. The van der Waals surface area contributed by atoms with Crippen LogP contribution in [0.3, 0.4) is 0 Å². The highest BCUT2D eigenvalue weighted by Gasteiger charge is 2.21. The summed E-state index contributed by atoms with van der Waals surface area (Å²) in [6, 6.07) is 20.9. The number of Topliss-reactive ketones (excluding diaryl/α,β-unsaturated/α-hetero) is 1. The highest BCUT2D eigenvalue weighted by Crippen LogP contribution is 2.25. The van der Waals surface area contributed by atoms with E-state index in [1.807, 2.05) is 0 Å². The molecule has 3 rings (SSSR count). The topological polar surface area (TPSA) is 80.3 Å². The third-order valence-electron chi connectivity index (χ3n) is 3.94. The molecule has 3 aromatic carbocycles. The van der Waals surface area contributed by atoms with Crippen molar-refractivity contribution in [2.75, 3.05) is 10.5 Å². The van der Waals surface area contributed by atoms with Crippen LogP contribution in [-0.2, 0) is 10.0 Å². The van der Waals surface area contributed by atoms with E-state index in [1.165, 1.54) is 18.2 Å². The Morgan fingerprint density at radius 2 is 1.39 bits per heavy atom.